The van der Waals surface area contributed by atoms with E-state index in [1.54, 1.807) is 18.9 Å². The number of carbonyl (C=O) groups excluding carboxylic acids is 2. The van der Waals surface area contributed by atoms with Gasteiger partial charge in [0.1, 0.15) is 6.04 Å². The highest BCUT2D eigenvalue weighted by Gasteiger charge is 2.26. The molecule has 1 fully saturated rings. The van der Waals surface area contributed by atoms with Crippen LogP contribution in [0.5, 0.6) is 0 Å². The molecular weight excluding hydrogens is 334 g/mol. The Morgan fingerprint density at radius 1 is 1.27 bits per heavy atom. The summed E-state index contributed by atoms with van der Waals surface area (Å²) in [6, 6.07) is 6.80. The molecule has 1 heterocycles. The number of likely N-dealkylation sites (N-methyl/N-ethyl adjacent to an activating group) is 1. The summed E-state index contributed by atoms with van der Waals surface area (Å²) in [7, 11) is 1.63. The number of aliphatic carboxylic acids is 1. The molecule has 26 heavy (non-hydrogen) atoms. The van der Waals surface area contributed by atoms with E-state index >= 15 is 0 Å². The van der Waals surface area contributed by atoms with Crippen LogP contribution in [-0.2, 0) is 9.59 Å². The number of carboxylic acids is 1. The first kappa shape index (κ1) is 19.9. The normalized spacial score (nSPS) is 16.4. The van der Waals surface area contributed by atoms with Gasteiger partial charge in [0.15, 0.2) is 0 Å². The van der Waals surface area contributed by atoms with Gasteiger partial charge in [-0.2, -0.15) is 0 Å². The Balaban J connectivity index is 1.81. The van der Waals surface area contributed by atoms with Crippen molar-refractivity contribution >= 4 is 17.8 Å². The first-order valence-electron chi connectivity index (χ1n) is 8.87. The zero-order chi connectivity index (χ0) is 19.3. The summed E-state index contributed by atoms with van der Waals surface area (Å²) in [5.41, 5.74) is 1.61. The summed E-state index contributed by atoms with van der Waals surface area (Å²) in [5.74, 6) is -1.11. The quantitative estimate of drug-likeness (QED) is 0.792. The van der Waals surface area contributed by atoms with E-state index in [4.69, 9.17) is 5.11 Å². The van der Waals surface area contributed by atoms with E-state index in [-0.39, 0.29) is 24.4 Å². The summed E-state index contributed by atoms with van der Waals surface area (Å²) >= 11 is 0. The van der Waals surface area contributed by atoms with E-state index in [0.717, 1.165) is 5.56 Å². The van der Waals surface area contributed by atoms with Crippen LogP contribution in [-0.4, -0.2) is 71.5 Å². The minimum atomic E-state index is -0.946. The summed E-state index contributed by atoms with van der Waals surface area (Å²) in [5, 5.41) is 12.0. The monoisotopic (exact) mass is 361 g/mol. The van der Waals surface area contributed by atoms with Crippen LogP contribution >= 0.6 is 0 Å². The summed E-state index contributed by atoms with van der Waals surface area (Å²) < 4.78 is 0. The standard InChI is InChI=1S/C19H27N3O4/c1-13-6-4-5-7-16(13)18(24)20-15-8-10-22(11-9-15)17(23)12-21(3)14(2)19(25)26/h4-7,14-15H,8-12H2,1-3H3,(H,20,24)(H,25,26). The lowest BCUT2D eigenvalue weighted by Crippen LogP contribution is -2.50. The molecule has 2 N–H and O–H groups in total. The molecule has 2 amide bonds. The van der Waals surface area contributed by atoms with Crippen LogP contribution in [0.3, 0.4) is 0 Å². The van der Waals surface area contributed by atoms with Crippen molar-refractivity contribution in [1.29, 1.82) is 0 Å². The fraction of sp³-hybridized carbons (Fsp3) is 0.526. The van der Waals surface area contributed by atoms with Gasteiger partial charge in [-0.3, -0.25) is 19.3 Å². The Labute approximate surface area is 154 Å². The molecule has 1 unspecified atom stereocenters. The maximum absolute atomic E-state index is 12.4. The molecule has 142 valence electrons. The predicted molar refractivity (Wildman–Crippen MR) is 98.0 cm³/mol. The van der Waals surface area contributed by atoms with Gasteiger partial charge in [-0.1, -0.05) is 18.2 Å². The van der Waals surface area contributed by atoms with Crippen LogP contribution in [0.15, 0.2) is 24.3 Å². The molecular formula is C19H27N3O4. The molecule has 0 saturated carbocycles. The number of hydrogen-bond donors (Lipinski definition) is 2. The lowest BCUT2D eigenvalue weighted by molar-refractivity contribution is -0.143. The molecule has 1 aliphatic heterocycles. The number of carboxylic acid groups (broad SMARTS) is 1. The maximum Gasteiger partial charge on any atom is 0.320 e. The van der Waals surface area contributed by atoms with E-state index in [0.29, 0.717) is 31.5 Å². The molecule has 1 aliphatic rings. The Bertz CT molecular complexity index is 669. The van der Waals surface area contributed by atoms with Crippen molar-refractivity contribution in [2.75, 3.05) is 26.7 Å². The molecule has 1 saturated heterocycles. The number of likely N-dealkylation sites (tertiary alicyclic amines) is 1. The smallest absolute Gasteiger partial charge is 0.320 e. The third-order valence-corrected chi connectivity index (χ3v) is 4.98. The van der Waals surface area contributed by atoms with Crippen molar-refractivity contribution in [3.8, 4) is 0 Å². The van der Waals surface area contributed by atoms with Gasteiger partial charge in [0.05, 0.1) is 6.54 Å². The molecule has 0 aromatic heterocycles. The van der Waals surface area contributed by atoms with Gasteiger partial charge in [0.2, 0.25) is 5.91 Å². The summed E-state index contributed by atoms with van der Waals surface area (Å²) in [6.45, 7) is 4.67. The van der Waals surface area contributed by atoms with Gasteiger partial charge >= 0.3 is 5.97 Å². The van der Waals surface area contributed by atoms with Crippen LogP contribution in [0, 0.1) is 6.92 Å². The van der Waals surface area contributed by atoms with Crippen LogP contribution in [0.4, 0.5) is 0 Å². The molecule has 0 spiro atoms. The lowest BCUT2D eigenvalue weighted by Gasteiger charge is -2.34. The van der Waals surface area contributed by atoms with Gasteiger partial charge in [-0.25, -0.2) is 0 Å². The van der Waals surface area contributed by atoms with Gasteiger partial charge in [-0.15, -0.1) is 0 Å². The Kier molecular flexibility index (Phi) is 6.74. The number of nitrogens with one attached hydrogen (secondary N) is 1. The second-order valence-electron chi connectivity index (χ2n) is 6.87. The van der Waals surface area contributed by atoms with Crippen molar-refractivity contribution in [3.05, 3.63) is 35.4 Å². The molecule has 0 bridgehead atoms. The van der Waals surface area contributed by atoms with Crippen molar-refractivity contribution in [2.45, 2.75) is 38.8 Å². The maximum atomic E-state index is 12.4. The fourth-order valence-corrected chi connectivity index (χ4v) is 3.00. The number of rotatable bonds is 6. The number of nitrogens with zero attached hydrogens (tertiary/aromatic N) is 2. The van der Waals surface area contributed by atoms with Crippen LogP contribution in [0.1, 0.15) is 35.7 Å². The third kappa shape index (κ3) is 5.05. The van der Waals surface area contributed by atoms with Gasteiger partial charge in [0, 0.05) is 24.7 Å². The Morgan fingerprint density at radius 2 is 1.88 bits per heavy atom. The first-order valence-corrected chi connectivity index (χ1v) is 8.87. The summed E-state index contributed by atoms with van der Waals surface area (Å²) in [6.07, 6.45) is 1.39. The highest BCUT2D eigenvalue weighted by atomic mass is 16.4. The average molecular weight is 361 g/mol. The van der Waals surface area contributed by atoms with Gasteiger partial charge in [0.25, 0.3) is 5.91 Å². The lowest BCUT2D eigenvalue weighted by atomic mass is 10.0. The number of benzene rings is 1. The molecule has 7 heteroatoms. The van der Waals surface area contributed by atoms with Crippen LogP contribution in [0.2, 0.25) is 0 Å². The second-order valence-corrected chi connectivity index (χ2v) is 6.87. The number of amides is 2. The zero-order valence-corrected chi connectivity index (χ0v) is 15.6. The Morgan fingerprint density at radius 3 is 2.46 bits per heavy atom. The summed E-state index contributed by atoms with van der Waals surface area (Å²) in [4.78, 5) is 39.0. The average Bonchev–Trinajstić information content (AvgIpc) is 2.61. The topological polar surface area (TPSA) is 90.0 Å². The molecule has 1 aromatic carbocycles. The highest BCUT2D eigenvalue weighted by Crippen LogP contribution is 2.13. The number of piperidine rings is 1. The number of carbonyl (C=O) groups is 3. The van der Waals surface area contributed by atoms with Crippen molar-refractivity contribution < 1.29 is 19.5 Å². The number of hydrogen-bond acceptors (Lipinski definition) is 4. The molecule has 2 rings (SSSR count). The molecule has 1 atom stereocenters. The third-order valence-electron chi connectivity index (χ3n) is 4.98. The molecule has 0 aliphatic carbocycles. The van der Waals surface area contributed by atoms with Crippen molar-refractivity contribution in [1.82, 2.24) is 15.1 Å². The van der Waals surface area contributed by atoms with Crippen molar-refractivity contribution in [2.24, 2.45) is 0 Å². The van der Waals surface area contributed by atoms with Gasteiger partial charge < -0.3 is 15.3 Å². The van der Waals surface area contributed by atoms with Crippen LogP contribution < -0.4 is 5.32 Å². The number of aryl methyl sites for hydroxylation is 1. The first-order chi connectivity index (χ1) is 12.3. The molecule has 1 aromatic rings. The SMILES string of the molecule is Cc1ccccc1C(=O)NC1CCN(C(=O)CN(C)C(C)C(=O)O)CC1. The fourth-order valence-electron chi connectivity index (χ4n) is 3.00. The van der Waals surface area contributed by atoms with E-state index in [2.05, 4.69) is 5.32 Å². The predicted octanol–water partition coefficient (Wildman–Crippen LogP) is 1.12. The van der Waals surface area contributed by atoms with Gasteiger partial charge in [-0.05, 0) is 45.4 Å². The van der Waals surface area contributed by atoms with E-state index in [9.17, 15) is 14.4 Å². The molecule has 7 nitrogen and oxygen atoms in total. The Hall–Kier alpha value is -2.41. The minimum Gasteiger partial charge on any atom is -0.480 e. The second kappa shape index (κ2) is 8.80. The molecule has 0 radical (unpaired) electrons. The highest BCUT2D eigenvalue weighted by molar-refractivity contribution is 5.95. The van der Waals surface area contributed by atoms with E-state index in [1.807, 2.05) is 31.2 Å². The zero-order valence-electron chi connectivity index (χ0n) is 15.6. The van der Waals surface area contributed by atoms with Crippen LogP contribution in [0.25, 0.3) is 0 Å². The van der Waals surface area contributed by atoms with Crippen molar-refractivity contribution in [3.63, 3.8) is 0 Å². The minimum absolute atomic E-state index is 0.0434. The largest absolute Gasteiger partial charge is 0.480 e. The van der Waals surface area contributed by atoms with E-state index in [1.165, 1.54) is 4.90 Å². The van der Waals surface area contributed by atoms with E-state index < -0.39 is 12.0 Å².